The molecule has 4 unspecified atom stereocenters. The zero-order valence-electron chi connectivity index (χ0n) is 10.8. The summed E-state index contributed by atoms with van der Waals surface area (Å²) in [5.74, 6) is 1.96. The Morgan fingerprint density at radius 2 is 2.12 bits per heavy atom. The van der Waals surface area contributed by atoms with Crippen molar-refractivity contribution < 1.29 is 4.42 Å². The van der Waals surface area contributed by atoms with E-state index in [-0.39, 0.29) is 6.04 Å². The molecule has 17 heavy (non-hydrogen) atoms. The van der Waals surface area contributed by atoms with Gasteiger partial charge in [0.15, 0.2) is 0 Å². The van der Waals surface area contributed by atoms with Crippen molar-refractivity contribution in [1.29, 1.82) is 0 Å². The minimum Gasteiger partial charge on any atom is -0.406 e. The molecule has 0 spiro atoms. The van der Waals surface area contributed by atoms with Gasteiger partial charge in [-0.2, -0.15) is 0 Å². The summed E-state index contributed by atoms with van der Waals surface area (Å²) in [6.07, 6.45) is 3.68. The van der Waals surface area contributed by atoms with Gasteiger partial charge in [0.05, 0.1) is 6.04 Å². The number of hydrogen-bond donors (Lipinski definition) is 2. The molecule has 1 aromatic rings. The Hall–Kier alpha value is -1.10. The fourth-order valence-electron chi connectivity index (χ4n) is 2.52. The van der Waals surface area contributed by atoms with E-state index < -0.39 is 0 Å². The third-order valence-corrected chi connectivity index (χ3v) is 3.57. The molecule has 0 bridgehead atoms. The van der Waals surface area contributed by atoms with Gasteiger partial charge in [-0.25, -0.2) is 0 Å². The first-order chi connectivity index (χ1) is 8.06. The van der Waals surface area contributed by atoms with E-state index in [4.69, 9.17) is 10.2 Å². The van der Waals surface area contributed by atoms with Crippen LogP contribution in [0.1, 0.15) is 52.0 Å². The summed E-state index contributed by atoms with van der Waals surface area (Å²) in [4.78, 5) is 0. The molecular formula is C12H22N4O. The van der Waals surface area contributed by atoms with Gasteiger partial charge >= 0.3 is 6.01 Å². The van der Waals surface area contributed by atoms with Crippen LogP contribution in [0.25, 0.3) is 0 Å². The van der Waals surface area contributed by atoms with Crippen LogP contribution in [0.2, 0.25) is 0 Å². The largest absolute Gasteiger partial charge is 0.406 e. The van der Waals surface area contributed by atoms with Crippen LogP contribution in [-0.4, -0.2) is 16.2 Å². The molecule has 0 amide bonds. The van der Waals surface area contributed by atoms with Crippen molar-refractivity contribution in [2.24, 2.45) is 17.6 Å². The van der Waals surface area contributed by atoms with Gasteiger partial charge in [-0.15, -0.1) is 5.10 Å². The number of rotatable bonds is 3. The Morgan fingerprint density at radius 3 is 2.71 bits per heavy atom. The van der Waals surface area contributed by atoms with Crippen LogP contribution in [0, 0.1) is 11.8 Å². The highest BCUT2D eigenvalue weighted by Crippen LogP contribution is 2.30. The molecular weight excluding hydrogens is 216 g/mol. The molecule has 3 N–H and O–H groups in total. The summed E-state index contributed by atoms with van der Waals surface area (Å²) in [5, 5.41) is 11.2. The van der Waals surface area contributed by atoms with Crippen LogP contribution >= 0.6 is 0 Å². The zero-order chi connectivity index (χ0) is 12.4. The highest BCUT2D eigenvalue weighted by molar-refractivity contribution is 5.20. The molecule has 2 rings (SSSR count). The van der Waals surface area contributed by atoms with Crippen molar-refractivity contribution in [2.45, 2.75) is 52.1 Å². The van der Waals surface area contributed by atoms with E-state index in [2.05, 4.69) is 29.4 Å². The maximum absolute atomic E-state index is 5.68. The first-order valence-electron chi connectivity index (χ1n) is 6.41. The standard InChI is InChI=1S/C12H22N4O/c1-7-4-5-10(8(2)6-7)14-12-16-15-11(17-12)9(3)13/h7-10H,4-6,13H2,1-3H3,(H,14,16). The summed E-state index contributed by atoms with van der Waals surface area (Å²) in [6, 6.07) is 0.734. The summed E-state index contributed by atoms with van der Waals surface area (Å²) in [5.41, 5.74) is 5.68. The Labute approximate surface area is 102 Å². The smallest absolute Gasteiger partial charge is 0.315 e. The van der Waals surface area contributed by atoms with E-state index in [0.29, 0.717) is 23.9 Å². The number of nitrogens with one attached hydrogen (secondary N) is 1. The van der Waals surface area contributed by atoms with Crippen LogP contribution < -0.4 is 11.1 Å². The Morgan fingerprint density at radius 1 is 1.35 bits per heavy atom. The minimum absolute atomic E-state index is 0.207. The van der Waals surface area contributed by atoms with Gasteiger partial charge in [0.2, 0.25) is 5.89 Å². The second kappa shape index (κ2) is 5.04. The quantitative estimate of drug-likeness (QED) is 0.845. The van der Waals surface area contributed by atoms with Gasteiger partial charge in [0, 0.05) is 6.04 Å². The predicted molar refractivity (Wildman–Crippen MR) is 66.5 cm³/mol. The molecule has 96 valence electrons. The summed E-state index contributed by atoms with van der Waals surface area (Å²) in [7, 11) is 0. The lowest BCUT2D eigenvalue weighted by atomic mass is 9.80. The Balaban J connectivity index is 1.95. The highest BCUT2D eigenvalue weighted by atomic mass is 16.4. The van der Waals surface area contributed by atoms with Crippen LogP contribution in [-0.2, 0) is 0 Å². The Bertz CT molecular complexity index is 363. The molecule has 1 fully saturated rings. The summed E-state index contributed by atoms with van der Waals surface area (Å²) >= 11 is 0. The molecule has 5 nitrogen and oxygen atoms in total. The van der Waals surface area contributed by atoms with Gasteiger partial charge in [-0.3, -0.25) is 0 Å². The molecule has 0 aliphatic heterocycles. The molecule has 1 heterocycles. The monoisotopic (exact) mass is 238 g/mol. The average Bonchev–Trinajstić information content (AvgIpc) is 2.71. The fourth-order valence-corrected chi connectivity index (χ4v) is 2.52. The van der Waals surface area contributed by atoms with E-state index in [1.807, 2.05) is 6.92 Å². The maximum atomic E-state index is 5.68. The second-order valence-corrected chi connectivity index (χ2v) is 5.38. The number of nitrogens with zero attached hydrogens (tertiary/aromatic N) is 2. The SMILES string of the molecule is CC1CCC(Nc2nnc(C(C)N)o2)C(C)C1. The van der Waals surface area contributed by atoms with Crippen molar-refractivity contribution in [2.75, 3.05) is 5.32 Å². The van der Waals surface area contributed by atoms with Crippen molar-refractivity contribution in [3.63, 3.8) is 0 Å². The maximum Gasteiger partial charge on any atom is 0.315 e. The molecule has 1 aliphatic carbocycles. The van der Waals surface area contributed by atoms with Gasteiger partial charge in [0.25, 0.3) is 0 Å². The van der Waals surface area contributed by atoms with E-state index in [0.717, 1.165) is 12.3 Å². The molecule has 4 atom stereocenters. The lowest BCUT2D eigenvalue weighted by Crippen LogP contribution is -2.33. The van der Waals surface area contributed by atoms with Gasteiger partial charge < -0.3 is 15.5 Å². The molecule has 0 aromatic carbocycles. The van der Waals surface area contributed by atoms with Crippen LogP contribution in [0.5, 0.6) is 0 Å². The normalized spacial score (nSPS) is 31.2. The van der Waals surface area contributed by atoms with E-state index >= 15 is 0 Å². The molecule has 0 radical (unpaired) electrons. The topological polar surface area (TPSA) is 77.0 Å². The van der Waals surface area contributed by atoms with Crippen LogP contribution in [0.4, 0.5) is 6.01 Å². The Kier molecular flexibility index (Phi) is 3.66. The fraction of sp³-hybridized carbons (Fsp3) is 0.833. The van der Waals surface area contributed by atoms with Crippen molar-refractivity contribution in [3.8, 4) is 0 Å². The average molecular weight is 238 g/mol. The summed E-state index contributed by atoms with van der Waals surface area (Å²) < 4.78 is 5.46. The number of anilines is 1. The van der Waals surface area contributed by atoms with E-state index in [1.54, 1.807) is 0 Å². The third-order valence-electron chi connectivity index (χ3n) is 3.57. The first kappa shape index (κ1) is 12.4. The van der Waals surface area contributed by atoms with Crippen LogP contribution in [0.3, 0.4) is 0 Å². The van der Waals surface area contributed by atoms with Gasteiger partial charge in [-0.1, -0.05) is 18.9 Å². The van der Waals surface area contributed by atoms with E-state index in [9.17, 15) is 0 Å². The lowest BCUT2D eigenvalue weighted by Gasteiger charge is -2.32. The molecule has 1 aliphatic rings. The molecule has 5 heteroatoms. The van der Waals surface area contributed by atoms with Crippen molar-refractivity contribution in [3.05, 3.63) is 5.89 Å². The van der Waals surface area contributed by atoms with Crippen molar-refractivity contribution >= 4 is 6.01 Å². The van der Waals surface area contributed by atoms with Crippen molar-refractivity contribution in [1.82, 2.24) is 10.2 Å². The number of hydrogen-bond acceptors (Lipinski definition) is 5. The molecule has 1 aromatic heterocycles. The lowest BCUT2D eigenvalue weighted by molar-refractivity contribution is 0.272. The zero-order valence-corrected chi connectivity index (χ0v) is 10.8. The summed E-state index contributed by atoms with van der Waals surface area (Å²) in [6.45, 7) is 6.42. The predicted octanol–water partition coefficient (Wildman–Crippen LogP) is 2.33. The van der Waals surface area contributed by atoms with Gasteiger partial charge in [0.1, 0.15) is 0 Å². The minimum atomic E-state index is -0.207. The van der Waals surface area contributed by atoms with Gasteiger partial charge in [-0.05, 0) is 38.0 Å². The number of aromatic nitrogens is 2. The van der Waals surface area contributed by atoms with Crippen LogP contribution in [0.15, 0.2) is 4.42 Å². The number of nitrogens with two attached hydrogens (primary N) is 1. The first-order valence-corrected chi connectivity index (χ1v) is 6.41. The molecule has 1 saturated carbocycles. The molecule has 0 saturated heterocycles. The highest BCUT2D eigenvalue weighted by Gasteiger charge is 2.26. The third kappa shape index (κ3) is 2.97. The second-order valence-electron chi connectivity index (χ2n) is 5.38. The van der Waals surface area contributed by atoms with E-state index in [1.165, 1.54) is 12.8 Å².